The van der Waals surface area contributed by atoms with E-state index >= 15 is 0 Å². The fraction of sp³-hybridized carbons (Fsp3) is 0.455. The molecule has 0 aliphatic heterocycles. The van der Waals surface area contributed by atoms with Crippen LogP contribution in [-0.4, -0.2) is 12.2 Å². The summed E-state index contributed by atoms with van der Waals surface area (Å²) in [4.78, 5) is 0. The van der Waals surface area contributed by atoms with E-state index in [1.807, 2.05) is 0 Å². The van der Waals surface area contributed by atoms with Gasteiger partial charge in [-0.15, -0.1) is 0 Å². The fourth-order valence-electron chi connectivity index (χ4n) is 1.82. The van der Waals surface area contributed by atoms with Crippen LogP contribution in [0, 0.1) is 5.82 Å². The highest BCUT2D eigenvalue weighted by molar-refractivity contribution is 5.39. The predicted octanol–water partition coefficient (Wildman–Crippen LogP) is 2.21. The maximum atomic E-state index is 13.0. The number of rotatable bonds is 2. The van der Waals surface area contributed by atoms with Crippen LogP contribution in [-0.2, 0) is 5.60 Å². The zero-order valence-corrected chi connectivity index (χ0v) is 8.09. The maximum Gasteiger partial charge on any atom is 0.125 e. The van der Waals surface area contributed by atoms with Crippen LogP contribution >= 0.6 is 0 Å². The molecule has 0 radical (unpaired) electrons. The molecule has 0 amide bonds. The molecule has 1 aliphatic carbocycles. The van der Waals surface area contributed by atoms with Crippen molar-refractivity contribution in [3.8, 4) is 5.75 Å². The number of halogens is 1. The van der Waals surface area contributed by atoms with Crippen molar-refractivity contribution in [1.82, 2.24) is 0 Å². The number of methoxy groups -OCH3 is 1. The summed E-state index contributed by atoms with van der Waals surface area (Å²) in [6, 6.07) is 4.25. The SMILES string of the molecule is COc1ccc(F)cc1C1(O)CCC1. The Morgan fingerprint density at radius 1 is 1.43 bits per heavy atom. The van der Waals surface area contributed by atoms with Crippen molar-refractivity contribution in [2.75, 3.05) is 7.11 Å². The molecule has 1 aromatic carbocycles. The third kappa shape index (κ3) is 1.38. The minimum atomic E-state index is -0.868. The van der Waals surface area contributed by atoms with E-state index in [0.29, 0.717) is 24.2 Å². The molecular weight excluding hydrogens is 183 g/mol. The monoisotopic (exact) mass is 196 g/mol. The van der Waals surface area contributed by atoms with Crippen molar-refractivity contribution in [3.63, 3.8) is 0 Å². The summed E-state index contributed by atoms with van der Waals surface area (Å²) >= 11 is 0. The first kappa shape index (κ1) is 9.46. The van der Waals surface area contributed by atoms with Gasteiger partial charge in [-0.3, -0.25) is 0 Å². The first-order valence-corrected chi connectivity index (χ1v) is 4.72. The van der Waals surface area contributed by atoms with Crippen LogP contribution in [0.2, 0.25) is 0 Å². The maximum absolute atomic E-state index is 13.0. The highest BCUT2D eigenvalue weighted by Gasteiger charge is 2.38. The Bertz CT molecular complexity index is 345. The number of hydrogen-bond donors (Lipinski definition) is 1. The largest absolute Gasteiger partial charge is 0.496 e. The van der Waals surface area contributed by atoms with Gasteiger partial charge in [-0.25, -0.2) is 4.39 Å². The van der Waals surface area contributed by atoms with Crippen LogP contribution in [0.4, 0.5) is 4.39 Å². The van der Waals surface area contributed by atoms with Gasteiger partial charge in [0.15, 0.2) is 0 Å². The summed E-state index contributed by atoms with van der Waals surface area (Å²) in [5, 5.41) is 10.1. The second-order valence-electron chi connectivity index (χ2n) is 3.73. The molecule has 14 heavy (non-hydrogen) atoms. The van der Waals surface area contributed by atoms with Gasteiger partial charge in [0.05, 0.1) is 12.7 Å². The molecule has 1 saturated carbocycles. The van der Waals surface area contributed by atoms with Crippen molar-refractivity contribution in [1.29, 1.82) is 0 Å². The molecule has 2 rings (SSSR count). The zero-order chi connectivity index (χ0) is 10.2. The molecule has 1 fully saturated rings. The molecule has 0 saturated heterocycles. The first-order chi connectivity index (χ1) is 6.65. The van der Waals surface area contributed by atoms with Crippen LogP contribution in [0.15, 0.2) is 18.2 Å². The summed E-state index contributed by atoms with van der Waals surface area (Å²) in [6.07, 6.45) is 2.36. The van der Waals surface area contributed by atoms with Crippen LogP contribution in [0.25, 0.3) is 0 Å². The Labute approximate surface area is 82.3 Å². The van der Waals surface area contributed by atoms with Gasteiger partial charge in [0, 0.05) is 5.56 Å². The molecule has 3 heteroatoms. The van der Waals surface area contributed by atoms with Crippen molar-refractivity contribution in [2.45, 2.75) is 24.9 Å². The van der Waals surface area contributed by atoms with Gasteiger partial charge in [0.1, 0.15) is 11.6 Å². The molecule has 1 aromatic rings. The highest BCUT2D eigenvalue weighted by atomic mass is 19.1. The second kappa shape index (κ2) is 3.24. The molecule has 1 aliphatic rings. The van der Waals surface area contributed by atoms with Crippen molar-refractivity contribution in [3.05, 3.63) is 29.6 Å². The number of hydrogen-bond acceptors (Lipinski definition) is 2. The van der Waals surface area contributed by atoms with Gasteiger partial charge in [0.25, 0.3) is 0 Å². The molecule has 0 atom stereocenters. The van der Waals surface area contributed by atoms with E-state index in [4.69, 9.17) is 4.74 Å². The van der Waals surface area contributed by atoms with E-state index < -0.39 is 5.60 Å². The molecule has 0 unspecified atom stereocenters. The van der Waals surface area contributed by atoms with E-state index in [1.165, 1.54) is 19.2 Å². The number of ether oxygens (including phenoxy) is 1. The molecule has 0 spiro atoms. The molecular formula is C11H13FO2. The summed E-state index contributed by atoms with van der Waals surface area (Å²) in [5.41, 5.74) is -0.292. The summed E-state index contributed by atoms with van der Waals surface area (Å²) in [5.74, 6) is 0.231. The minimum absolute atomic E-state index is 0.332. The van der Waals surface area contributed by atoms with Crippen molar-refractivity contribution in [2.24, 2.45) is 0 Å². The average molecular weight is 196 g/mol. The smallest absolute Gasteiger partial charge is 0.125 e. The van der Waals surface area contributed by atoms with E-state index in [-0.39, 0.29) is 5.82 Å². The Balaban J connectivity index is 2.43. The van der Waals surface area contributed by atoms with Gasteiger partial charge in [0.2, 0.25) is 0 Å². The van der Waals surface area contributed by atoms with Crippen LogP contribution in [0.3, 0.4) is 0 Å². The van der Waals surface area contributed by atoms with E-state index in [9.17, 15) is 9.50 Å². The standard InChI is InChI=1S/C11H13FO2/c1-14-10-4-3-8(12)7-9(10)11(13)5-2-6-11/h3-4,7,13H,2,5-6H2,1H3. The van der Waals surface area contributed by atoms with Gasteiger partial charge in [-0.1, -0.05) is 0 Å². The van der Waals surface area contributed by atoms with Crippen LogP contribution in [0.5, 0.6) is 5.75 Å². The van der Waals surface area contributed by atoms with E-state index in [2.05, 4.69) is 0 Å². The van der Waals surface area contributed by atoms with Gasteiger partial charge in [-0.05, 0) is 37.5 Å². The van der Waals surface area contributed by atoms with E-state index in [0.717, 1.165) is 6.42 Å². The Morgan fingerprint density at radius 2 is 2.14 bits per heavy atom. The molecule has 0 heterocycles. The summed E-state index contributed by atoms with van der Waals surface area (Å²) in [6.45, 7) is 0. The molecule has 0 bridgehead atoms. The quantitative estimate of drug-likeness (QED) is 0.785. The Kier molecular flexibility index (Phi) is 2.19. The lowest BCUT2D eigenvalue weighted by atomic mass is 9.75. The topological polar surface area (TPSA) is 29.5 Å². The average Bonchev–Trinajstić information content (AvgIpc) is 2.14. The van der Waals surface area contributed by atoms with Gasteiger partial charge in [-0.2, -0.15) is 0 Å². The second-order valence-corrected chi connectivity index (χ2v) is 3.73. The number of aliphatic hydroxyl groups is 1. The summed E-state index contributed by atoms with van der Waals surface area (Å²) < 4.78 is 18.1. The molecule has 1 N–H and O–H groups in total. The molecule has 2 nitrogen and oxygen atoms in total. The molecule has 0 aromatic heterocycles. The van der Waals surface area contributed by atoms with Gasteiger partial charge >= 0.3 is 0 Å². The fourth-order valence-corrected chi connectivity index (χ4v) is 1.82. The van der Waals surface area contributed by atoms with Crippen LogP contribution in [0.1, 0.15) is 24.8 Å². The zero-order valence-electron chi connectivity index (χ0n) is 8.09. The Morgan fingerprint density at radius 3 is 2.64 bits per heavy atom. The lowest BCUT2D eigenvalue weighted by molar-refractivity contribution is -0.0407. The summed E-state index contributed by atoms with van der Waals surface area (Å²) in [7, 11) is 1.53. The third-order valence-corrected chi connectivity index (χ3v) is 2.84. The normalized spacial score (nSPS) is 18.8. The lowest BCUT2D eigenvalue weighted by Gasteiger charge is -2.37. The minimum Gasteiger partial charge on any atom is -0.496 e. The van der Waals surface area contributed by atoms with Gasteiger partial charge < -0.3 is 9.84 Å². The lowest BCUT2D eigenvalue weighted by Crippen LogP contribution is -2.34. The van der Waals surface area contributed by atoms with Crippen molar-refractivity contribution < 1.29 is 14.2 Å². The first-order valence-electron chi connectivity index (χ1n) is 4.72. The van der Waals surface area contributed by atoms with Crippen molar-refractivity contribution >= 4 is 0 Å². The Hall–Kier alpha value is -1.09. The molecule has 76 valence electrons. The van der Waals surface area contributed by atoms with E-state index in [1.54, 1.807) is 6.07 Å². The predicted molar refractivity (Wildman–Crippen MR) is 50.7 cm³/mol. The number of benzene rings is 1. The van der Waals surface area contributed by atoms with Crippen LogP contribution < -0.4 is 4.74 Å². The highest BCUT2D eigenvalue weighted by Crippen LogP contribution is 2.44. The third-order valence-electron chi connectivity index (χ3n) is 2.84.